The molecule has 4 heteroatoms. The molecular formula is C15H17N3O. The monoisotopic (exact) mass is 255 g/mol. The highest BCUT2D eigenvalue weighted by molar-refractivity contribution is 5.64. The van der Waals surface area contributed by atoms with Crippen LogP contribution in [0.1, 0.15) is 12.8 Å². The van der Waals surface area contributed by atoms with Gasteiger partial charge in [-0.05, 0) is 37.1 Å². The van der Waals surface area contributed by atoms with E-state index in [9.17, 15) is 0 Å². The number of rotatable bonds is 4. The van der Waals surface area contributed by atoms with Crippen LogP contribution in [0.3, 0.4) is 0 Å². The summed E-state index contributed by atoms with van der Waals surface area (Å²) < 4.78 is 5.54. The summed E-state index contributed by atoms with van der Waals surface area (Å²) in [5.74, 6) is 0. The molecule has 2 heterocycles. The SMILES string of the molecule is C1=COC(CNc2cccc(-c3ccn[nH]3)c2)CC1. The summed E-state index contributed by atoms with van der Waals surface area (Å²) in [4.78, 5) is 0. The molecule has 0 saturated carbocycles. The normalized spacial score (nSPS) is 18.0. The highest BCUT2D eigenvalue weighted by Gasteiger charge is 2.10. The molecule has 4 nitrogen and oxygen atoms in total. The second kappa shape index (κ2) is 5.61. The first kappa shape index (κ1) is 11.8. The summed E-state index contributed by atoms with van der Waals surface area (Å²) >= 11 is 0. The minimum absolute atomic E-state index is 0.265. The Labute approximate surface area is 112 Å². The van der Waals surface area contributed by atoms with Gasteiger partial charge >= 0.3 is 0 Å². The number of nitrogens with zero attached hydrogens (tertiary/aromatic N) is 1. The van der Waals surface area contributed by atoms with Crippen LogP contribution >= 0.6 is 0 Å². The van der Waals surface area contributed by atoms with Crippen LogP contribution in [-0.2, 0) is 4.74 Å². The lowest BCUT2D eigenvalue weighted by Gasteiger charge is -2.20. The van der Waals surface area contributed by atoms with Crippen molar-refractivity contribution in [2.24, 2.45) is 0 Å². The number of allylic oxidation sites excluding steroid dienone is 1. The van der Waals surface area contributed by atoms with E-state index in [-0.39, 0.29) is 6.10 Å². The summed E-state index contributed by atoms with van der Waals surface area (Å²) in [6.45, 7) is 0.830. The number of aromatic nitrogens is 2. The Morgan fingerprint density at radius 3 is 3.16 bits per heavy atom. The molecule has 1 aromatic carbocycles. The van der Waals surface area contributed by atoms with Crippen LogP contribution in [0.2, 0.25) is 0 Å². The average Bonchev–Trinajstić information content (AvgIpc) is 3.01. The minimum atomic E-state index is 0.265. The molecule has 19 heavy (non-hydrogen) atoms. The molecule has 0 aliphatic carbocycles. The fourth-order valence-electron chi connectivity index (χ4n) is 2.18. The molecule has 0 saturated heterocycles. The van der Waals surface area contributed by atoms with Crippen molar-refractivity contribution in [2.75, 3.05) is 11.9 Å². The summed E-state index contributed by atoms with van der Waals surface area (Å²) in [5, 5.41) is 10.4. The first-order chi connectivity index (χ1) is 9.42. The van der Waals surface area contributed by atoms with E-state index >= 15 is 0 Å². The zero-order valence-electron chi connectivity index (χ0n) is 10.7. The van der Waals surface area contributed by atoms with Gasteiger partial charge in [0.25, 0.3) is 0 Å². The van der Waals surface area contributed by atoms with Crippen LogP contribution in [0, 0.1) is 0 Å². The van der Waals surface area contributed by atoms with Crippen LogP contribution in [0.25, 0.3) is 11.3 Å². The lowest BCUT2D eigenvalue weighted by molar-refractivity contribution is 0.135. The van der Waals surface area contributed by atoms with Gasteiger partial charge in [-0.25, -0.2) is 0 Å². The van der Waals surface area contributed by atoms with Gasteiger partial charge in [-0.2, -0.15) is 5.10 Å². The molecule has 1 atom stereocenters. The third-order valence-electron chi connectivity index (χ3n) is 3.23. The van der Waals surface area contributed by atoms with Crippen molar-refractivity contribution in [3.05, 3.63) is 48.9 Å². The largest absolute Gasteiger partial charge is 0.497 e. The Hall–Kier alpha value is -2.23. The summed E-state index contributed by atoms with van der Waals surface area (Å²) in [7, 11) is 0. The Bertz CT molecular complexity index is 548. The number of hydrogen-bond donors (Lipinski definition) is 2. The topological polar surface area (TPSA) is 49.9 Å². The summed E-state index contributed by atoms with van der Waals surface area (Å²) in [6.07, 6.45) is 8.06. The van der Waals surface area contributed by atoms with Crippen molar-refractivity contribution in [1.82, 2.24) is 10.2 Å². The van der Waals surface area contributed by atoms with Crippen molar-refractivity contribution in [2.45, 2.75) is 18.9 Å². The molecule has 1 aromatic heterocycles. The van der Waals surface area contributed by atoms with E-state index in [2.05, 4.69) is 39.8 Å². The predicted octanol–water partition coefficient (Wildman–Crippen LogP) is 3.18. The number of nitrogens with one attached hydrogen (secondary N) is 2. The Kier molecular flexibility index (Phi) is 3.49. The summed E-state index contributed by atoms with van der Waals surface area (Å²) in [5.41, 5.74) is 3.26. The molecule has 0 spiro atoms. The number of anilines is 1. The molecule has 2 aromatic rings. The molecular weight excluding hydrogens is 238 g/mol. The van der Waals surface area contributed by atoms with Gasteiger partial charge in [0.2, 0.25) is 0 Å². The molecule has 0 radical (unpaired) electrons. The van der Waals surface area contributed by atoms with Gasteiger partial charge in [-0.1, -0.05) is 12.1 Å². The van der Waals surface area contributed by atoms with Crippen LogP contribution in [0.5, 0.6) is 0 Å². The van der Waals surface area contributed by atoms with E-state index in [1.807, 2.05) is 12.1 Å². The Morgan fingerprint density at radius 1 is 1.37 bits per heavy atom. The zero-order valence-corrected chi connectivity index (χ0v) is 10.7. The van der Waals surface area contributed by atoms with E-state index in [4.69, 9.17) is 4.74 Å². The third kappa shape index (κ3) is 2.96. The van der Waals surface area contributed by atoms with Gasteiger partial charge in [-0.3, -0.25) is 5.10 Å². The number of ether oxygens (including phenoxy) is 1. The highest BCUT2D eigenvalue weighted by atomic mass is 16.5. The molecule has 3 rings (SSSR count). The quantitative estimate of drug-likeness (QED) is 0.882. The molecule has 0 amide bonds. The minimum Gasteiger partial charge on any atom is -0.497 e. The van der Waals surface area contributed by atoms with E-state index in [1.165, 1.54) is 0 Å². The van der Waals surface area contributed by atoms with Crippen molar-refractivity contribution in [3.8, 4) is 11.3 Å². The van der Waals surface area contributed by atoms with Crippen LogP contribution in [0.15, 0.2) is 48.9 Å². The molecule has 1 unspecified atom stereocenters. The van der Waals surface area contributed by atoms with Crippen molar-refractivity contribution < 1.29 is 4.74 Å². The van der Waals surface area contributed by atoms with Crippen LogP contribution in [0.4, 0.5) is 5.69 Å². The molecule has 1 aliphatic heterocycles. The van der Waals surface area contributed by atoms with E-state index in [1.54, 1.807) is 12.5 Å². The number of H-pyrrole nitrogens is 1. The number of benzene rings is 1. The molecule has 0 fully saturated rings. The van der Waals surface area contributed by atoms with Gasteiger partial charge in [0.05, 0.1) is 18.5 Å². The molecule has 2 N–H and O–H groups in total. The Morgan fingerprint density at radius 2 is 2.37 bits per heavy atom. The van der Waals surface area contributed by atoms with E-state index < -0.39 is 0 Å². The highest BCUT2D eigenvalue weighted by Crippen LogP contribution is 2.20. The van der Waals surface area contributed by atoms with Crippen LogP contribution in [-0.4, -0.2) is 22.8 Å². The molecule has 1 aliphatic rings. The Balaban J connectivity index is 1.65. The van der Waals surface area contributed by atoms with Gasteiger partial charge in [0.1, 0.15) is 6.10 Å². The van der Waals surface area contributed by atoms with Gasteiger partial charge in [0.15, 0.2) is 0 Å². The first-order valence-corrected chi connectivity index (χ1v) is 6.56. The van der Waals surface area contributed by atoms with Crippen LogP contribution < -0.4 is 5.32 Å². The standard InChI is InChI=1S/C15H17N3O/c1-2-9-19-14(6-1)11-16-13-5-3-4-12(10-13)15-7-8-17-18-15/h2-5,7-10,14,16H,1,6,11H2,(H,17,18). The van der Waals surface area contributed by atoms with Gasteiger partial charge < -0.3 is 10.1 Å². The van der Waals surface area contributed by atoms with Gasteiger partial charge in [-0.15, -0.1) is 0 Å². The second-order valence-corrected chi connectivity index (χ2v) is 4.64. The fourth-order valence-corrected chi connectivity index (χ4v) is 2.18. The third-order valence-corrected chi connectivity index (χ3v) is 3.23. The molecule has 98 valence electrons. The molecule has 0 bridgehead atoms. The van der Waals surface area contributed by atoms with E-state index in [0.717, 1.165) is 36.3 Å². The van der Waals surface area contributed by atoms with Gasteiger partial charge in [0, 0.05) is 17.4 Å². The summed E-state index contributed by atoms with van der Waals surface area (Å²) in [6, 6.07) is 10.3. The first-order valence-electron chi connectivity index (χ1n) is 6.56. The van der Waals surface area contributed by atoms with Crippen molar-refractivity contribution >= 4 is 5.69 Å². The second-order valence-electron chi connectivity index (χ2n) is 4.64. The number of hydrogen-bond acceptors (Lipinski definition) is 3. The maximum atomic E-state index is 5.54. The lowest BCUT2D eigenvalue weighted by atomic mass is 10.1. The van der Waals surface area contributed by atoms with E-state index in [0.29, 0.717) is 0 Å². The number of aromatic amines is 1. The average molecular weight is 255 g/mol. The maximum absolute atomic E-state index is 5.54. The smallest absolute Gasteiger partial charge is 0.115 e. The maximum Gasteiger partial charge on any atom is 0.115 e. The predicted molar refractivity (Wildman–Crippen MR) is 75.8 cm³/mol. The lowest BCUT2D eigenvalue weighted by Crippen LogP contribution is -2.22. The zero-order chi connectivity index (χ0) is 12.9. The fraction of sp³-hybridized carbons (Fsp3) is 0.267. The van der Waals surface area contributed by atoms with Crippen molar-refractivity contribution in [1.29, 1.82) is 0 Å². The van der Waals surface area contributed by atoms with Crippen molar-refractivity contribution in [3.63, 3.8) is 0 Å².